The van der Waals surface area contributed by atoms with E-state index in [4.69, 9.17) is 0 Å². The van der Waals surface area contributed by atoms with Crippen LogP contribution in [0.5, 0.6) is 0 Å². The van der Waals surface area contributed by atoms with E-state index in [0.717, 1.165) is 60.9 Å². The maximum atomic E-state index is 13.8. The second kappa shape index (κ2) is 8.38. The number of anilines is 1. The fourth-order valence-corrected chi connectivity index (χ4v) is 5.92. The Balaban J connectivity index is 1.90. The van der Waals surface area contributed by atoms with E-state index in [1.807, 2.05) is 36.4 Å². The third-order valence-corrected chi connectivity index (χ3v) is 8.10. The Bertz CT molecular complexity index is 1160. The number of nitrogens with zero attached hydrogens (tertiary/aromatic N) is 2. The number of rotatable bonds is 5. The minimum atomic E-state index is -3.69. The van der Waals surface area contributed by atoms with Crippen molar-refractivity contribution in [3.63, 3.8) is 0 Å². The van der Waals surface area contributed by atoms with Gasteiger partial charge in [0.15, 0.2) is 0 Å². The molecule has 0 bridgehead atoms. The lowest BCUT2D eigenvalue weighted by atomic mass is 9.98. The highest BCUT2D eigenvalue weighted by Crippen LogP contribution is 2.38. The van der Waals surface area contributed by atoms with Crippen LogP contribution in [0, 0.1) is 5.92 Å². The normalized spacial score (nSPS) is 15.6. The van der Waals surface area contributed by atoms with Crippen molar-refractivity contribution < 1.29 is 8.42 Å². The highest BCUT2D eigenvalue weighted by Gasteiger charge is 2.28. The van der Waals surface area contributed by atoms with Gasteiger partial charge < -0.3 is 4.90 Å². The molecule has 2 heterocycles. The van der Waals surface area contributed by atoms with E-state index < -0.39 is 9.84 Å². The van der Waals surface area contributed by atoms with E-state index in [0.29, 0.717) is 15.7 Å². The molecule has 1 saturated heterocycles. The molecule has 1 aliphatic rings. The number of piperidine rings is 1. The number of hydrogen-bond acceptors (Lipinski definition) is 4. The monoisotopic (exact) mass is 422 g/mol. The van der Waals surface area contributed by atoms with E-state index in [-0.39, 0.29) is 0 Å². The van der Waals surface area contributed by atoms with Gasteiger partial charge in [-0.25, -0.2) is 8.42 Å². The summed E-state index contributed by atoms with van der Waals surface area (Å²) in [5.74, 6) is 0.670. The Labute approximate surface area is 179 Å². The number of hydrogen-bond donors (Lipinski definition) is 0. The largest absolute Gasteiger partial charge is 0.370 e. The predicted octanol–water partition coefficient (Wildman–Crippen LogP) is 5.43. The van der Waals surface area contributed by atoms with Gasteiger partial charge in [-0.1, -0.05) is 45.0 Å². The van der Waals surface area contributed by atoms with Gasteiger partial charge in [0.2, 0.25) is 9.84 Å². The third-order valence-electron chi connectivity index (χ3n) is 6.35. The van der Waals surface area contributed by atoms with Gasteiger partial charge in [0.25, 0.3) is 0 Å². The lowest BCUT2D eigenvalue weighted by Crippen LogP contribution is -2.34. The summed E-state index contributed by atoms with van der Waals surface area (Å²) >= 11 is 0. The molecule has 5 heteroatoms. The van der Waals surface area contributed by atoms with Crippen LogP contribution in [0.15, 0.2) is 58.5 Å². The van der Waals surface area contributed by atoms with Gasteiger partial charge in [-0.3, -0.25) is 4.98 Å². The summed E-state index contributed by atoms with van der Waals surface area (Å²) in [6, 6.07) is 13.4. The van der Waals surface area contributed by atoms with Crippen molar-refractivity contribution in [2.45, 2.75) is 56.2 Å². The first-order valence-electron chi connectivity index (χ1n) is 10.9. The smallest absolute Gasteiger partial charge is 0.210 e. The van der Waals surface area contributed by atoms with Crippen LogP contribution in [0.3, 0.4) is 0 Å². The van der Waals surface area contributed by atoms with Gasteiger partial charge in [-0.05, 0) is 60.9 Å². The van der Waals surface area contributed by atoms with Crippen molar-refractivity contribution in [3.05, 3.63) is 59.8 Å². The molecule has 3 aromatic rings. The van der Waals surface area contributed by atoms with Gasteiger partial charge in [-0.2, -0.15) is 0 Å². The molecule has 1 fully saturated rings. The van der Waals surface area contributed by atoms with E-state index >= 15 is 0 Å². The number of pyridine rings is 1. The molecule has 0 atom stereocenters. The van der Waals surface area contributed by atoms with Crippen molar-refractivity contribution in [2.75, 3.05) is 18.0 Å². The fraction of sp³-hybridized carbons (Fsp3) is 0.400. The number of para-hydroxylation sites is 1. The molecular formula is C25H30N2O2S. The molecule has 2 aromatic carbocycles. The number of aromatic nitrogens is 1. The summed E-state index contributed by atoms with van der Waals surface area (Å²) in [5.41, 5.74) is 3.95. The molecule has 0 amide bonds. The standard InChI is InChI=1S/C25H30N2O2S/c1-4-19-10-11-21(16-20(19)5-2)30(28,29)24-17-26-23-9-7-6-8-22(23)25(24)27-14-12-18(3)13-15-27/h6-11,16-18H,4-5,12-15H2,1-3H3. The molecule has 0 aliphatic carbocycles. The minimum Gasteiger partial charge on any atom is -0.370 e. The summed E-state index contributed by atoms with van der Waals surface area (Å²) in [5, 5.41) is 0.911. The maximum absolute atomic E-state index is 13.8. The van der Waals surface area contributed by atoms with Crippen molar-refractivity contribution >= 4 is 26.4 Å². The van der Waals surface area contributed by atoms with E-state index in [9.17, 15) is 8.42 Å². The molecule has 1 aliphatic heterocycles. The molecular weight excluding hydrogens is 392 g/mol. The quantitative estimate of drug-likeness (QED) is 0.550. The van der Waals surface area contributed by atoms with Gasteiger partial charge in [0.05, 0.1) is 16.1 Å². The average molecular weight is 423 g/mol. The summed E-state index contributed by atoms with van der Waals surface area (Å²) in [6.07, 6.45) is 5.42. The number of sulfone groups is 1. The van der Waals surface area contributed by atoms with Crippen molar-refractivity contribution in [1.82, 2.24) is 4.98 Å². The molecule has 0 radical (unpaired) electrons. The molecule has 4 rings (SSSR count). The fourth-order valence-electron chi connectivity index (χ4n) is 4.43. The SMILES string of the molecule is CCc1ccc(S(=O)(=O)c2cnc3ccccc3c2N2CCC(C)CC2)cc1CC. The van der Waals surface area contributed by atoms with E-state index in [2.05, 4.69) is 30.7 Å². The van der Waals surface area contributed by atoms with Crippen LogP contribution in [0.25, 0.3) is 10.9 Å². The summed E-state index contributed by atoms with van der Waals surface area (Å²) in [7, 11) is -3.69. The Morgan fingerprint density at radius 1 is 1.00 bits per heavy atom. The molecule has 1 aromatic heterocycles. The minimum absolute atomic E-state index is 0.321. The number of fused-ring (bicyclic) bond motifs is 1. The van der Waals surface area contributed by atoms with E-state index in [1.54, 1.807) is 12.3 Å². The first-order chi connectivity index (χ1) is 14.5. The highest BCUT2D eigenvalue weighted by molar-refractivity contribution is 7.91. The molecule has 0 unspecified atom stereocenters. The third kappa shape index (κ3) is 3.71. The van der Waals surface area contributed by atoms with Crippen LogP contribution in [0.1, 0.15) is 44.7 Å². The van der Waals surface area contributed by atoms with Crippen molar-refractivity contribution in [1.29, 1.82) is 0 Å². The van der Waals surface area contributed by atoms with Gasteiger partial charge in [0, 0.05) is 24.7 Å². The summed E-state index contributed by atoms with van der Waals surface area (Å²) in [4.78, 5) is 7.44. The van der Waals surface area contributed by atoms with Crippen LogP contribution < -0.4 is 4.90 Å². The Morgan fingerprint density at radius 2 is 1.70 bits per heavy atom. The van der Waals surface area contributed by atoms with Crippen LogP contribution in [0.2, 0.25) is 0 Å². The van der Waals surface area contributed by atoms with Gasteiger partial charge in [0.1, 0.15) is 4.90 Å². The molecule has 0 spiro atoms. The van der Waals surface area contributed by atoms with Gasteiger partial charge in [-0.15, -0.1) is 0 Å². The second-order valence-electron chi connectivity index (χ2n) is 8.30. The topological polar surface area (TPSA) is 50.3 Å². The second-order valence-corrected chi connectivity index (χ2v) is 10.2. The Hall–Kier alpha value is -2.40. The zero-order valence-corrected chi connectivity index (χ0v) is 18.9. The lowest BCUT2D eigenvalue weighted by Gasteiger charge is -2.34. The summed E-state index contributed by atoms with van der Waals surface area (Å²) in [6.45, 7) is 8.18. The van der Waals surface area contributed by atoms with E-state index in [1.165, 1.54) is 5.56 Å². The van der Waals surface area contributed by atoms with Crippen LogP contribution in [0.4, 0.5) is 5.69 Å². The first-order valence-corrected chi connectivity index (χ1v) is 12.4. The summed E-state index contributed by atoms with van der Waals surface area (Å²) < 4.78 is 27.6. The van der Waals surface area contributed by atoms with Crippen LogP contribution in [-0.4, -0.2) is 26.5 Å². The zero-order valence-electron chi connectivity index (χ0n) is 18.1. The van der Waals surface area contributed by atoms with Crippen molar-refractivity contribution in [3.8, 4) is 0 Å². The highest BCUT2D eigenvalue weighted by atomic mass is 32.2. The first kappa shape index (κ1) is 20.9. The Morgan fingerprint density at radius 3 is 2.40 bits per heavy atom. The van der Waals surface area contributed by atoms with Crippen molar-refractivity contribution in [2.24, 2.45) is 5.92 Å². The average Bonchev–Trinajstić information content (AvgIpc) is 2.78. The maximum Gasteiger partial charge on any atom is 0.210 e. The van der Waals surface area contributed by atoms with Gasteiger partial charge >= 0.3 is 0 Å². The predicted molar refractivity (Wildman–Crippen MR) is 123 cm³/mol. The number of aryl methyl sites for hydroxylation is 2. The molecule has 0 saturated carbocycles. The zero-order chi connectivity index (χ0) is 21.3. The molecule has 4 nitrogen and oxygen atoms in total. The Kier molecular flexibility index (Phi) is 5.83. The molecule has 158 valence electrons. The van der Waals surface area contributed by atoms with Crippen LogP contribution >= 0.6 is 0 Å². The molecule has 0 N–H and O–H groups in total. The molecule has 30 heavy (non-hydrogen) atoms. The lowest BCUT2D eigenvalue weighted by molar-refractivity contribution is 0.437. The van der Waals surface area contributed by atoms with Crippen LogP contribution in [-0.2, 0) is 22.7 Å². The number of benzene rings is 2.